The lowest BCUT2D eigenvalue weighted by atomic mass is 10.1. The van der Waals surface area contributed by atoms with Gasteiger partial charge in [0.25, 0.3) is 0 Å². The third-order valence-corrected chi connectivity index (χ3v) is 6.08. The number of carbonyl (C=O) groups excluding carboxylic acids is 1. The van der Waals surface area contributed by atoms with Crippen LogP contribution in [-0.2, 0) is 21.2 Å². The van der Waals surface area contributed by atoms with E-state index in [9.17, 15) is 13.2 Å². The highest BCUT2D eigenvalue weighted by Crippen LogP contribution is 2.19. The van der Waals surface area contributed by atoms with Gasteiger partial charge in [-0.15, -0.1) is 6.58 Å². The Balaban J connectivity index is 1.98. The number of benzene rings is 2. The molecular weight excluding hydrogens is 400 g/mol. The number of carbonyl (C=O) groups is 1. The van der Waals surface area contributed by atoms with Gasteiger partial charge in [0.15, 0.2) is 0 Å². The van der Waals surface area contributed by atoms with E-state index in [0.29, 0.717) is 23.7 Å². The zero-order valence-corrected chi connectivity index (χ0v) is 17.2. The number of nitrogens with zero attached hydrogens (tertiary/aromatic N) is 1. The van der Waals surface area contributed by atoms with E-state index >= 15 is 0 Å². The van der Waals surface area contributed by atoms with Crippen molar-refractivity contribution < 1.29 is 17.9 Å². The molecule has 28 heavy (non-hydrogen) atoms. The number of amides is 1. The van der Waals surface area contributed by atoms with Crippen LogP contribution in [0.3, 0.4) is 0 Å². The van der Waals surface area contributed by atoms with Gasteiger partial charge in [-0.3, -0.25) is 4.79 Å². The Bertz CT molecular complexity index is 897. The number of sulfonamides is 1. The molecule has 0 aliphatic rings. The number of halogens is 1. The molecule has 2 rings (SSSR count). The van der Waals surface area contributed by atoms with Crippen molar-refractivity contribution in [2.45, 2.75) is 11.3 Å². The molecule has 2 aromatic rings. The predicted molar refractivity (Wildman–Crippen MR) is 110 cm³/mol. The highest BCUT2D eigenvalue weighted by molar-refractivity contribution is 7.89. The van der Waals surface area contributed by atoms with Crippen LogP contribution in [0.5, 0.6) is 5.75 Å². The Hall–Kier alpha value is -2.35. The molecule has 1 amide bonds. The average Bonchev–Trinajstić information content (AvgIpc) is 2.69. The summed E-state index contributed by atoms with van der Waals surface area (Å²) in [6, 6.07) is 13.3. The Morgan fingerprint density at radius 3 is 2.39 bits per heavy atom. The maximum absolute atomic E-state index is 12.8. The first-order valence-electron chi connectivity index (χ1n) is 8.63. The topological polar surface area (TPSA) is 75.7 Å². The summed E-state index contributed by atoms with van der Waals surface area (Å²) in [6.07, 6.45) is 2.07. The summed E-state index contributed by atoms with van der Waals surface area (Å²) in [4.78, 5) is 12.3. The maximum Gasteiger partial charge on any atom is 0.243 e. The van der Waals surface area contributed by atoms with Crippen LogP contribution in [0.4, 0.5) is 0 Å². The van der Waals surface area contributed by atoms with Crippen LogP contribution < -0.4 is 10.1 Å². The van der Waals surface area contributed by atoms with E-state index in [2.05, 4.69) is 11.9 Å². The highest BCUT2D eigenvalue weighted by atomic mass is 35.5. The van der Waals surface area contributed by atoms with Crippen molar-refractivity contribution in [3.63, 3.8) is 0 Å². The maximum atomic E-state index is 12.8. The van der Waals surface area contributed by atoms with Crippen molar-refractivity contribution in [2.75, 3.05) is 26.7 Å². The van der Waals surface area contributed by atoms with Crippen molar-refractivity contribution in [1.82, 2.24) is 9.62 Å². The SMILES string of the molecule is C=CCN(CC(=O)NCCc1ccc(Cl)cc1)S(=O)(=O)c1ccc(OC)cc1. The van der Waals surface area contributed by atoms with Gasteiger partial charge in [-0.05, 0) is 48.4 Å². The zero-order chi connectivity index (χ0) is 20.6. The van der Waals surface area contributed by atoms with Crippen molar-refractivity contribution in [1.29, 1.82) is 0 Å². The van der Waals surface area contributed by atoms with Crippen LogP contribution in [-0.4, -0.2) is 45.4 Å². The number of hydrogen-bond donors (Lipinski definition) is 1. The third-order valence-electron chi connectivity index (χ3n) is 4.00. The monoisotopic (exact) mass is 422 g/mol. The molecule has 0 unspecified atom stereocenters. The van der Waals surface area contributed by atoms with Crippen LogP contribution in [0.1, 0.15) is 5.56 Å². The van der Waals surface area contributed by atoms with E-state index in [1.165, 1.54) is 25.3 Å². The third kappa shape index (κ3) is 6.09. The normalized spacial score (nSPS) is 11.2. The van der Waals surface area contributed by atoms with E-state index < -0.39 is 10.0 Å². The predicted octanol–water partition coefficient (Wildman–Crippen LogP) is 2.88. The second-order valence-corrected chi connectivity index (χ2v) is 8.36. The van der Waals surface area contributed by atoms with Gasteiger partial charge < -0.3 is 10.1 Å². The second kappa shape index (κ2) is 10.3. The molecule has 0 fully saturated rings. The average molecular weight is 423 g/mol. The Kier molecular flexibility index (Phi) is 8.04. The fraction of sp³-hybridized carbons (Fsp3) is 0.250. The van der Waals surface area contributed by atoms with Gasteiger partial charge in [-0.25, -0.2) is 8.42 Å². The van der Waals surface area contributed by atoms with Gasteiger partial charge in [0.05, 0.1) is 18.6 Å². The highest BCUT2D eigenvalue weighted by Gasteiger charge is 2.25. The van der Waals surface area contributed by atoms with E-state index in [1.54, 1.807) is 24.3 Å². The quantitative estimate of drug-likeness (QED) is 0.597. The van der Waals surface area contributed by atoms with E-state index in [-0.39, 0.29) is 23.9 Å². The number of hydrogen-bond acceptors (Lipinski definition) is 4. The van der Waals surface area contributed by atoms with Crippen LogP contribution >= 0.6 is 11.6 Å². The Morgan fingerprint density at radius 1 is 1.18 bits per heavy atom. The number of rotatable bonds is 10. The Labute approximate surface area is 170 Å². The number of ether oxygens (including phenoxy) is 1. The van der Waals surface area contributed by atoms with Crippen molar-refractivity contribution >= 4 is 27.5 Å². The van der Waals surface area contributed by atoms with Gasteiger partial charge in [-0.1, -0.05) is 29.8 Å². The number of nitrogens with one attached hydrogen (secondary N) is 1. The van der Waals surface area contributed by atoms with Crippen molar-refractivity contribution in [3.05, 3.63) is 71.8 Å². The molecule has 0 saturated heterocycles. The van der Waals surface area contributed by atoms with Crippen LogP contribution in [0.25, 0.3) is 0 Å². The molecule has 0 aliphatic carbocycles. The fourth-order valence-electron chi connectivity index (χ4n) is 2.50. The standard InChI is InChI=1S/C20H23ClN2O4S/c1-3-14-23(28(25,26)19-10-8-18(27-2)9-11-19)15-20(24)22-13-12-16-4-6-17(21)7-5-16/h3-11H,1,12-15H2,2H3,(H,22,24). The Morgan fingerprint density at radius 2 is 1.82 bits per heavy atom. The van der Waals surface area contributed by atoms with Crippen LogP contribution in [0.15, 0.2) is 66.1 Å². The molecule has 0 saturated carbocycles. The lowest BCUT2D eigenvalue weighted by Gasteiger charge is -2.20. The summed E-state index contributed by atoms with van der Waals surface area (Å²) in [7, 11) is -2.33. The van der Waals surface area contributed by atoms with Gasteiger partial charge in [0, 0.05) is 18.1 Å². The molecule has 0 bridgehead atoms. The summed E-state index contributed by atoms with van der Waals surface area (Å²) in [6.45, 7) is 3.71. The van der Waals surface area contributed by atoms with Gasteiger partial charge >= 0.3 is 0 Å². The first-order valence-corrected chi connectivity index (χ1v) is 10.4. The molecule has 8 heteroatoms. The first kappa shape index (κ1) is 21.9. The molecule has 1 N–H and O–H groups in total. The van der Waals surface area contributed by atoms with Crippen molar-refractivity contribution in [2.24, 2.45) is 0 Å². The van der Waals surface area contributed by atoms with Gasteiger partial charge in [-0.2, -0.15) is 4.31 Å². The lowest BCUT2D eigenvalue weighted by molar-refractivity contribution is -0.121. The molecule has 0 spiro atoms. The first-order chi connectivity index (χ1) is 13.4. The summed E-state index contributed by atoms with van der Waals surface area (Å²) in [5.74, 6) is 0.169. The molecule has 0 atom stereocenters. The summed E-state index contributed by atoms with van der Waals surface area (Å²) >= 11 is 5.85. The molecule has 0 aliphatic heterocycles. The lowest BCUT2D eigenvalue weighted by Crippen LogP contribution is -2.41. The summed E-state index contributed by atoms with van der Waals surface area (Å²) in [5.41, 5.74) is 1.03. The second-order valence-electron chi connectivity index (χ2n) is 5.99. The minimum Gasteiger partial charge on any atom is -0.497 e. The molecule has 0 aromatic heterocycles. The van der Waals surface area contributed by atoms with Crippen molar-refractivity contribution in [3.8, 4) is 5.75 Å². The number of methoxy groups -OCH3 is 1. The van der Waals surface area contributed by atoms with Crippen LogP contribution in [0, 0.1) is 0 Å². The molecule has 0 radical (unpaired) electrons. The summed E-state index contributed by atoms with van der Waals surface area (Å²) < 4.78 is 31.8. The molecule has 150 valence electrons. The van der Waals surface area contributed by atoms with Gasteiger partial charge in [0.2, 0.25) is 15.9 Å². The van der Waals surface area contributed by atoms with Gasteiger partial charge in [0.1, 0.15) is 5.75 Å². The largest absolute Gasteiger partial charge is 0.497 e. The molecular formula is C20H23ClN2O4S. The van der Waals surface area contributed by atoms with E-state index in [4.69, 9.17) is 16.3 Å². The van der Waals surface area contributed by atoms with E-state index in [0.717, 1.165) is 9.87 Å². The molecule has 6 nitrogen and oxygen atoms in total. The smallest absolute Gasteiger partial charge is 0.243 e. The molecule has 0 heterocycles. The van der Waals surface area contributed by atoms with E-state index in [1.807, 2.05) is 12.1 Å². The minimum absolute atomic E-state index is 0.0268. The molecule has 2 aromatic carbocycles. The summed E-state index contributed by atoms with van der Waals surface area (Å²) in [5, 5.41) is 3.39. The minimum atomic E-state index is -3.83. The van der Waals surface area contributed by atoms with Crippen LogP contribution in [0.2, 0.25) is 5.02 Å². The fourth-order valence-corrected chi connectivity index (χ4v) is 3.99. The zero-order valence-electron chi connectivity index (χ0n) is 15.6.